The van der Waals surface area contributed by atoms with Crippen LogP contribution in [0.4, 0.5) is 10.5 Å². The Kier molecular flexibility index (Phi) is 7.76. The second kappa shape index (κ2) is 11.4. The molecule has 2 N–H and O–H groups in total. The summed E-state index contributed by atoms with van der Waals surface area (Å²) in [6.07, 6.45) is 0.794. The molecule has 0 radical (unpaired) electrons. The molecule has 2 aliphatic rings. The van der Waals surface area contributed by atoms with Crippen molar-refractivity contribution in [2.24, 2.45) is 0 Å². The number of carboxylic acids is 1. The number of aliphatic hydroxyl groups excluding tert-OH is 1. The van der Waals surface area contributed by atoms with Crippen molar-refractivity contribution in [3.05, 3.63) is 94.5 Å². The van der Waals surface area contributed by atoms with Crippen molar-refractivity contribution in [3.8, 4) is 11.1 Å². The number of hydrogen-bond acceptors (Lipinski definition) is 7. The van der Waals surface area contributed by atoms with E-state index in [0.29, 0.717) is 31.7 Å². The van der Waals surface area contributed by atoms with Gasteiger partial charge in [0, 0.05) is 37.8 Å². The first-order chi connectivity index (χ1) is 19.5. The molecule has 1 amide bonds. The van der Waals surface area contributed by atoms with Gasteiger partial charge in [0.05, 0.1) is 23.8 Å². The Bertz CT molecular complexity index is 1610. The first-order valence-electron chi connectivity index (χ1n) is 13.2. The lowest BCUT2D eigenvalue weighted by Crippen LogP contribution is -2.49. The average Bonchev–Trinajstić information content (AvgIpc) is 3.31. The molecule has 1 fully saturated rings. The fraction of sp³-hybridized carbons (Fsp3) is 0.290. The van der Waals surface area contributed by atoms with E-state index in [2.05, 4.69) is 34.1 Å². The minimum absolute atomic E-state index is 0. The summed E-state index contributed by atoms with van der Waals surface area (Å²) in [6, 6.07) is 20.3. The third-order valence-corrected chi connectivity index (χ3v) is 7.80. The van der Waals surface area contributed by atoms with Crippen LogP contribution in [-0.2, 0) is 9.53 Å². The normalized spacial score (nSPS) is 15.1. The quantitative estimate of drug-likeness (QED) is 0.368. The topological polar surface area (TPSA) is 125 Å². The monoisotopic (exact) mass is 556 g/mol. The molecular formula is C31H32N4O6. The predicted octanol–water partition coefficient (Wildman–Crippen LogP) is 3.72. The van der Waals surface area contributed by atoms with Crippen molar-refractivity contribution in [3.63, 3.8) is 0 Å². The van der Waals surface area contributed by atoms with Crippen LogP contribution < -0.4 is 10.5 Å². The van der Waals surface area contributed by atoms with Crippen LogP contribution in [0.1, 0.15) is 30.5 Å². The molecule has 2 heterocycles. The number of hydrogen-bond donors (Lipinski definition) is 2. The zero-order chi connectivity index (χ0) is 27.8. The van der Waals surface area contributed by atoms with Crippen LogP contribution in [-0.4, -0.2) is 76.1 Å². The third kappa shape index (κ3) is 5.02. The molecule has 0 spiro atoms. The molecule has 1 saturated heterocycles. The van der Waals surface area contributed by atoms with Gasteiger partial charge in [0.1, 0.15) is 6.61 Å². The lowest BCUT2D eigenvalue weighted by atomic mass is 9.98. The molecule has 212 valence electrons. The molecular weight excluding hydrogens is 524 g/mol. The molecule has 0 saturated carbocycles. The van der Waals surface area contributed by atoms with Crippen molar-refractivity contribution in [1.29, 1.82) is 0 Å². The van der Waals surface area contributed by atoms with Gasteiger partial charge in [0.15, 0.2) is 6.04 Å². The zero-order valence-electron chi connectivity index (χ0n) is 21.6. The number of piperazine rings is 1. The largest absolute Gasteiger partial charge is 0.480 e. The molecule has 1 unspecified atom stereocenters. The molecule has 4 aromatic rings. The molecule has 1 aliphatic heterocycles. The standard InChI is InChI=1S/C30H28N4O6.CH4/c35-16-27(29(37)38)34-18-31-26-10-9-19(15-24(26)28(34)36)32-11-13-33(14-12-32)30(39)40-17-25-22-7-3-1-5-20(22)21-6-2-4-8-23(21)25;/h1-10,15,18,25,27,35H,11-14,16-17H2,(H,37,38);1H4. The molecule has 1 atom stereocenters. The summed E-state index contributed by atoms with van der Waals surface area (Å²) in [5.41, 5.74) is 5.36. The SMILES string of the molecule is C.O=C(O)C(CO)n1cnc2ccc(N3CCN(C(=O)OCC4c5ccccc5-c5ccccc54)CC3)cc2c1=O. The minimum atomic E-state index is -1.41. The Morgan fingerprint density at radius 2 is 1.59 bits per heavy atom. The maximum atomic E-state index is 13.0. The van der Waals surface area contributed by atoms with E-state index < -0.39 is 24.2 Å². The third-order valence-electron chi connectivity index (χ3n) is 7.80. The lowest BCUT2D eigenvalue weighted by molar-refractivity contribution is -0.142. The van der Waals surface area contributed by atoms with Gasteiger partial charge in [-0.2, -0.15) is 0 Å². The van der Waals surface area contributed by atoms with Crippen LogP contribution in [0.25, 0.3) is 22.0 Å². The smallest absolute Gasteiger partial charge is 0.409 e. The van der Waals surface area contributed by atoms with Crippen LogP contribution in [0, 0.1) is 0 Å². The van der Waals surface area contributed by atoms with Gasteiger partial charge in [-0.15, -0.1) is 0 Å². The molecule has 10 nitrogen and oxygen atoms in total. The highest BCUT2D eigenvalue weighted by Gasteiger charge is 2.30. The molecule has 1 aliphatic carbocycles. The maximum Gasteiger partial charge on any atom is 0.409 e. The summed E-state index contributed by atoms with van der Waals surface area (Å²) in [6.45, 7) is 1.54. The van der Waals surface area contributed by atoms with E-state index in [0.717, 1.165) is 16.6 Å². The molecule has 1 aromatic heterocycles. The second-order valence-corrected chi connectivity index (χ2v) is 9.97. The Labute approximate surface area is 237 Å². The first-order valence-corrected chi connectivity index (χ1v) is 13.2. The van der Waals surface area contributed by atoms with Gasteiger partial charge in [0.2, 0.25) is 0 Å². The lowest BCUT2D eigenvalue weighted by Gasteiger charge is -2.35. The molecule has 0 bridgehead atoms. The summed E-state index contributed by atoms with van der Waals surface area (Å²) < 4.78 is 6.74. The van der Waals surface area contributed by atoms with E-state index in [9.17, 15) is 24.6 Å². The number of carbonyl (C=O) groups excluding carboxylic acids is 1. The molecule has 41 heavy (non-hydrogen) atoms. The van der Waals surface area contributed by atoms with Crippen molar-refractivity contribution in [2.45, 2.75) is 19.4 Å². The number of aliphatic hydroxyl groups is 1. The van der Waals surface area contributed by atoms with E-state index in [1.54, 1.807) is 17.0 Å². The highest BCUT2D eigenvalue weighted by molar-refractivity contribution is 5.82. The van der Waals surface area contributed by atoms with Crippen molar-refractivity contribution >= 4 is 28.7 Å². The number of ether oxygens (including phenoxy) is 1. The van der Waals surface area contributed by atoms with Crippen LogP contribution >= 0.6 is 0 Å². The fourth-order valence-electron chi connectivity index (χ4n) is 5.66. The number of amides is 1. The maximum absolute atomic E-state index is 13.0. The van der Waals surface area contributed by atoms with E-state index in [1.165, 1.54) is 22.3 Å². The Balaban J connectivity index is 0.00000337. The zero-order valence-corrected chi connectivity index (χ0v) is 21.6. The van der Waals surface area contributed by atoms with E-state index >= 15 is 0 Å². The Morgan fingerprint density at radius 1 is 0.951 bits per heavy atom. The number of aliphatic carboxylic acids is 1. The van der Waals surface area contributed by atoms with Crippen LogP contribution in [0.15, 0.2) is 77.9 Å². The van der Waals surface area contributed by atoms with Gasteiger partial charge in [-0.25, -0.2) is 14.6 Å². The van der Waals surface area contributed by atoms with Crippen molar-refractivity contribution in [1.82, 2.24) is 14.5 Å². The van der Waals surface area contributed by atoms with Crippen molar-refractivity contribution in [2.75, 3.05) is 44.3 Å². The fourth-order valence-corrected chi connectivity index (χ4v) is 5.66. The summed E-state index contributed by atoms with van der Waals surface area (Å²) in [7, 11) is 0. The Morgan fingerprint density at radius 3 is 2.20 bits per heavy atom. The number of fused-ring (bicyclic) bond motifs is 4. The van der Waals surface area contributed by atoms with Gasteiger partial charge in [-0.05, 0) is 40.5 Å². The Hall–Kier alpha value is -4.70. The second-order valence-electron chi connectivity index (χ2n) is 9.97. The number of rotatable bonds is 6. The van der Waals surface area contributed by atoms with Gasteiger partial charge >= 0.3 is 12.1 Å². The van der Waals surface area contributed by atoms with Crippen LogP contribution in [0.5, 0.6) is 0 Å². The average molecular weight is 557 g/mol. The number of aromatic nitrogens is 2. The van der Waals surface area contributed by atoms with Gasteiger partial charge in [-0.1, -0.05) is 56.0 Å². The van der Waals surface area contributed by atoms with Crippen molar-refractivity contribution < 1.29 is 24.5 Å². The molecule has 6 rings (SSSR count). The highest BCUT2D eigenvalue weighted by atomic mass is 16.6. The van der Waals surface area contributed by atoms with Crippen LogP contribution in [0.3, 0.4) is 0 Å². The summed E-state index contributed by atoms with van der Waals surface area (Å²) in [5.74, 6) is -1.31. The summed E-state index contributed by atoms with van der Waals surface area (Å²) >= 11 is 0. The number of anilines is 1. The number of carboxylic acid groups (broad SMARTS) is 1. The highest BCUT2D eigenvalue weighted by Crippen LogP contribution is 2.44. The van der Waals surface area contributed by atoms with Gasteiger partial charge in [0.25, 0.3) is 5.56 Å². The minimum Gasteiger partial charge on any atom is -0.480 e. The number of carbonyl (C=O) groups is 2. The summed E-state index contributed by atoms with van der Waals surface area (Å²) in [5, 5.41) is 19.0. The van der Waals surface area contributed by atoms with E-state index in [1.807, 2.05) is 30.3 Å². The van der Waals surface area contributed by atoms with E-state index in [-0.39, 0.29) is 31.4 Å². The predicted molar refractivity (Wildman–Crippen MR) is 155 cm³/mol. The number of benzene rings is 3. The summed E-state index contributed by atoms with van der Waals surface area (Å²) in [4.78, 5) is 45.4. The first kappa shape index (κ1) is 27.9. The number of nitrogens with zero attached hydrogens (tertiary/aromatic N) is 4. The van der Waals surface area contributed by atoms with Crippen LogP contribution in [0.2, 0.25) is 0 Å². The molecule has 3 aromatic carbocycles. The van der Waals surface area contributed by atoms with Gasteiger partial charge in [-0.3, -0.25) is 9.36 Å². The van der Waals surface area contributed by atoms with Gasteiger partial charge < -0.3 is 24.7 Å². The molecule has 10 heteroatoms. The van der Waals surface area contributed by atoms with E-state index in [4.69, 9.17) is 4.74 Å².